The van der Waals surface area contributed by atoms with E-state index in [0.29, 0.717) is 18.1 Å². The number of nitrogens with two attached hydrogens (primary N) is 1. The first-order valence-electron chi connectivity index (χ1n) is 5.39. The molecule has 0 fully saturated rings. The Morgan fingerprint density at radius 3 is 2.84 bits per heavy atom. The summed E-state index contributed by atoms with van der Waals surface area (Å²) in [6.07, 6.45) is 1.60. The van der Waals surface area contributed by atoms with Gasteiger partial charge in [0.25, 0.3) is 0 Å². The molecule has 1 aromatic heterocycles. The number of halogens is 2. The van der Waals surface area contributed by atoms with Crippen molar-refractivity contribution in [2.75, 3.05) is 0 Å². The zero-order chi connectivity index (χ0) is 13.8. The van der Waals surface area contributed by atoms with Gasteiger partial charge in [-0.3, -0.25) is 4.98 Å². The minimum Gasteiger partial charge on any atom is -0.489 e. The molecule has 98 valence electrons. The van der Waals surface area contributed by atoms with Crippen LogP contribution < -0.4 is 10.5 Å². The van der Waals surface area contributed by atoms with Crippen LogP contribution in [0.4, 0.5) is 4.39 Å². The minimum atomic E-state index is -0.478. The van der Waals surface area contributed by atoms with E-state index in [9.17, 15) is 4.39 Å². The normalized spacial score (nSPS) is 10.2. The number of pyridine rings is 1. The number of thiocarbonyl (C=S) groups is 1. The average Bonchev–Trinajstić information content (AvgIpc) is 2.40. The fourth-order valence-corrected chi connectivity index (χ4v) is 1.71. The van der Waals surface area contributed by atoms with Crippen LogP contribution in [0.5, 0.6) is 5.75 Å². The molecule has 0 unspecified atom stereocenters. The van der Waals surface area contributed by atoms with Crippen molar-refractivity contribution in [3.05, 3.63) is 58.6 Å². The maximum absolute atomic E-state index is 13.0. The first kappa shape index (κ1) is 13.7. The van der Waals surface area contributed by atoms with Gasteiger partial charge in [-0.15, -0.1) is 0 Å². The Hall–Kier alpha value is -1.72. The van der Waals surface area contributed by atoms with Gasteiger partial charge < -0.3 is 10.5 Å². The number of aromatic nitrogens is 1. The van der Waals surface area contributed by atoms with Gasteiger partial charge in [0.05, 0.1) is 10.7 Å². The second kappa shape index (κ2) is 5.95. The highest BCUT2D eigenvalue weighted by Gasteiger charge is 2.04. The number of benzene rings is 1. The first-order chi connectivity index (χ1) is 9.06. The third kappa shape index (κ3) is 3.62. The van der Waals surface area contributed by atoms with Crippen LogP contribution in [-0.4, -0.2) is 9.97 Å². The lowest BCUT2D eigenvalue weighted by Crippen LogP contribution is -2.12. The molecule has 0 spiro atoms. The van der Waals surface area contributed by atoms with Crippen LogP contribution in [0.3, 0.4) is 0 Å². The predicted octanol–water partition coefficient (Wildman–Crippen LogP) is 3.09. The van der Waals surface area contributed by atoms with E-state index in [1.807, 2.05) is 0 Å². The van der Waals surface area contributed by atoms with Gasteiger partial charge in [0.2, 0.25) is 0 Å². The number of nitrogens with zero attached hydrogens (tertiary/aromatic N) is 1. The Morgan fingerprint density at radius 2 is 2.16 bits per heavy atom. The quantitative estimate of drug-likeness (QED) is 0.881. The molecule has 0 aliphatic carbocycles. The molecular weight excluding hydrogens is 287 g/mol. The van der Waals surface area contributed by atoms with Gasteiger partial charge in [-0.2, -0.15) is 0 Å². The molecule has 0 saturated carbocycles. The third-order valence-corrected chi connectivity index (χ3v) is 2.87. The van der Waals surface area contributed by atoms with Gasteiger partial charge >= 0.3 is 0 Å². The largest absolute Gasteiger partial charge is 0.489 e. The van der Waals surface area contributed by atoms with E-state index in [2.05, 4.69) is 4.98 Å². The number of ether oxygens (including phenoxy) is 1. The molecule has 3 nitrogen and oxygen atoms in total. The van der Waals surface area contributed by atoms with E-state index in [4.69, 9.17) is 34.3 Å². The van der Waals surface area contributed by atoms with Crippen molar-refractivity contribution in [1.82, 2.24) is 4.98 Å². The second-order valence-electron chi connectivity index (χ2n) is 3.78. The molecule has 0 amide bonds. The smallest absolute Gasteiger partial charge is 0.142 e. The minimum absolute atomic E-state index is 0.0241. The van der Waals surface area contributed by atoms with E-state index in [1.165, 1.54) is 18.2 Å². The summed E-state index contributed by atoms with van der Waals surface area (Å²) in [6.45, 7) is 0.292. The Bertz CT molecular complexity index is 621. The Morgan fingerprint density at radius 1 is 1.37 bits per heavy atom. The van der Waals surface area contributed by atoms with Gasteiger partial charge in [-0.1, -0.05) is 23.8 Å². The predicted molar refractivity (Wildman–Crippen MR) is 75.9 cm³/mol. The highest BCUT2D eigenvalue weighted by atomic mass is 35.5. The molecule has 2 rings (SSSR count). The molecule has 0 saturated heterocycles. The summed E-state index contributed by atoms with van der Waals surface area (Å²) in [5.41, 5.74) is 6.89. The van der Waals surface area contributed by atoms with E-state index < -0.39 is 5.82 Å². The zero-order valence-corrected chi connectivity index (χ0v) is 11.3. The van der Waals surface area contributed by atoms with Crippen molar-refractivity contribution in [1.29, 1.82) is 0 Å². The van der Waals surface area contributed by atoms with Gasteiger partial charge in [0, 0.05) is 12.3 Å². The van der Waals surface area contributed by atoms with Crippen molar-refractivity contribution in [2.24, 2.45) is 5.73 Å². The molecule has 1 aromatic carbocycles. The summed E-state index contributed by atoms with van der Waals surface area (Å²) in [5.74, 6) is 0.00813. The van der Waals surface area contributed by atoms with Crippen LogP contribution >= 0.6 is 23.8 Å². The van der Waals surface area contributed by atoms with Crippen LogP contribution in [0.1, 0.15) is 11.3 Å². The van der Waals surface area contributed by atoms with Crippen LogP contribution in [0.25, 0.3) is 0 Å². The molecule has 19 heavy (non-hydrogen) atoms. The van der Waals surface area contributed by atoms with Gasteiger partial charge in [-0.25, -0.2) is 4.39 Å². The van der Waals surface area contributed by atoms with Gasteiger partial charge in [0.1, 0.15) is 23.2 Å². The van der Waals surface area contributed by atoms with Gasteiger partial charge in [-0.05, 0) is 29.8 Å². The average molecular weight is 297 g/mol. The van der Waals surface area contributed by atoms with Crippen molar-refractivity contribution in [2.45, 2.75) is 6.61 Å². The molecule has 2 aromatic rings. The molecule has 0 aliphatic heterocycles. The van der Waals surface area contributed by atoms with Crippen LogP contribution in [-0.2, 0) is 6.61 Å². The summed E-state index contributed by atoms with van der Waals surface area (Å²) in [4.78, 5) is 4.26. The highest BCUT2D eigenvalue weighted by Crippen LogP contribution is 2.21. The van der Waals surface area contributed by atoms with Crippen molar-refractivity contribution >= 4 is 28.8 Å². The highest BCUT2D eigenvalue weighted by molar-refractivity contribution is 7.80. The van der Waals surface area contributed by atoms with Crippen molar-refractivity contribution in [3.8, 4) is 5.75 Å². The molecule has 1 heterocycles. The van der Waals surface area contributed by atoms with E-state index >= 15 is 0 Å². The molecule has 6 heteroatoms. The third-order valence-electron chi connectivity index (χ3n) is 2.37. The Labute approximate surface area is 120 Å². The van der Waals surface area contributed by atoms with Gasteiger partial charge in [0.15, 0.2) is 0 Å². The monoisotopic (exact) mass is 296 g/mol. The molecular formula is C13H10ClFN2OS. The van der Waals surface area contributed by atoms with E-state index in [1.54, 1.807) is 18.3 Å². The molecule has 0 bridgehead atoms. The Kier molecular flexibility index (Phi) is 4.29. The van der Waals surface area contributed by atoms with Crippen LogP contribution in [0.15, 0.2) is 36.5 Å². The summed E-state index contributed by atoms with van der Waals surface area (Å²) >= 11 is 10.5. The van der Waals surface area contributed by atoms with Crippen LogP contribution in [0, 0.1) is 5.82 Å². The van der Waals surface area contributed by atoms with E-state index in [-0.39, 0.29) is 10.0 Å². The van der Waals surface area contributed by atoms with Crippen molar-refractivity contribution in [3.63, 3.8) is 0 Å². The Balaban J connectivity index is 2.07. The molecule has 0 aliphatic rings. The number of hydrogen-bond acceptors (Lipinski definition) is 3. The molecule has 2 N–H and O–H groups in total. The SMILES string of the molecule is NC(=S)c1cc(COc2ccc(F)c(Cl)c2)ccn1. The fourth-order valence-electron chi connectivity index (χ4n) is 1.43. The maximum Gasteiger partial charge on any atom is 0.142 e. The summed E-state index contributed by atoms with van der Waals surface area (Å²) in [5, 5.41) is 0.0241. The fraction of sp³-hybridized carbons (Fsp3) is 0.0769. The van der Waals surface area contributed by atoms with Crippen LogP contribution in [0.2, 0.25) is 5.02 Å². The first-order valence-corrected chi connectivity index (χ1v) is 6.17. The number of rotatable bonds is 4. The summed E-state index contributed by atoms with van der Waals surface area (Å²) in [6, 6.07) is 7.72. The van der Waals surface area contributed by atoms with E-state index in [0.717, 1.165) is 5.56 Å². The lowest BCUT2D eigenvalue weighted by atomic mass is 10.2. The zero-order valence-electron chi connectivity index (χ0n) is 9.77. The van der Waals surface area contributed by atoms with Crippen molar-refractivity contribution < 1.29 is 9.13 Å². The maximum atomic E-state index is 13.0. The standard InChI is InChI=1S/C13H10ClFN2OS/c14-10-6-9(1-2-11(10)15)18-7-8-3-4-17-12(5-8)13(16)19/h1-6H,7H2,(H2,16,19). The lowest BCUT2D eigenvalue weighted by Gasteiger charge is -2.07. The topological polar surface area (TPSA) is 48.1 Å². The number of hydrogen-bond donors (Lipinski definition) is 1. The summed E-state index contributed by atoms with van der Waals surface area (Å²) in [7, 11) is 0. The second-order valence-corrected chi connectivity index (χ2v) is 4.63. The molecule has 0 atom stereocenters. The lowest BCUT2D eigenvalue weighted by molar-refractivity contribution is 0.305. The summed E-state index contributed by atoms with van der Waals surface area (Å²) < 4.78 is 18.5. The molecule has 0 radical (unpaired) electrons.